The maximum atomic E-state index is 11.3. The molecule has 6 heteroatoms. The normalized spacial score (nSPS) is 11.5. The molecule has 0 fully saturated rings. The minimum Gasteiger partial charge on any atom is -0.492 e. The van der Waals surface area contributed by atoms with Crippen molar-refractivity contribution in [2.75, 3.05) is 19.4 Å². The smallest absolute Gasteiger partial charge is 0.175 e. The summed E-state index contributed by atoms with van der Waals surface area (Å²) < 4.78 is 28.2. The molecular weight excluding hydrogens is 306 g/mol. The molecule has 2 aromatic rings. The molecule has 0 unspecified atom stereocenters. The molecule has 1 aromatic heterocycles. The van der Waals surface area contributed by atoms with Crippen LogP contribution in [-0.2, 0) is 16.4 Å². The summed E-state index contributed by atoms with van der Waals surface area (Å²) in [5.41, 5.74) is 1.31. The molecule has 0 atom stereocenters. The number of rotatable bonds is 7. The predicted molar refractivity (Wildman–Crippen MR) is 85.8 cm³/mol. The summed E-state index contributed by atoms with van der Waals surface area (Å²) in [5, 5.41) is 5.41. The molecule has 0 radical (unpaired) electrons. The van der Waals surface area contributed by atoms with Crippen molar-refractivity contribution >= 4 is 21.2 Å². The predicted octanol–water partition coefficient (Wildman–Crippen LogP) is 2.63. The largest absolute Gasteiger partial charge is 0.492 e. The van der Waals surface area contributed by atoms with Crippen molar-refractivity contribution in [3.63, 3.8) is 0 Å². The summed E-state index contributed by atoms with van der Waals surface area (Å²) in [6, 6.07) is 8.60. The van der Waals surface area contributed by atoms with Gasteiger partial charge in [-0.1, -0.05) is 0 Å². The zero-order valence-corrected chi connectivity index (χ0v) is 13.8. The maximum absolute atomic E-state index is 11.3. The van der Waals surface area contributed by atoms with Crippen LogP contribution in [0.1, 0.15) is 10.4 Å². The van der Waals surface area contributed by atoms with Gasteiger partial charge in [0.1, 0.15) is 12.4 Å². The van der Waals surface area contributed by atoms with Gasteiger partial charge in [-0.15, -0.1) is 11.3 Å². The number of aryl methyl sites for hydroxylation is 1. The quantitative estimate of drug-likeness (QED) is 0.795. The zero-order chi connectivity index (χ0) is 15.3. The second-order valence-electron chi connectivity index (χ2n) is 4.80. The Morgan fingerprint density at radius 1 is 1.19 bits per heavy atom. The summed E-state index contributed by atoms with van der Waals surface area (Å²) in [7, 11) is -3.14. The Morgan fingerprint density at radius 2 is 1.90 bits per heavy atom. The second-order valence-corrected chi connectivity index (χ2v) is 7.81. The molecule has 0 aliphatic rings. The molecule has 1 aromatic carbocycles. The van der Waals surface area contributed by atoms with E-state index in [4.69, 9.17) is 4.74 Å². The highest BCUT2D eigenvalue weighted by Crippen LogP contribution is 2.16. The first-order chi connectivity index (χ1) is 9.97. The number of benzene rings is 1. The van der Waals surface area contributed by atoms with E-state index < -0.39 is 9.84 Å². The van der Waals surface area contributed by atoms with E-state index in [-0.39, 0.29) is 0 Å². The van der Waals surface area contributed by atoms with Crippen LogP contribution in [0.25, 0.3) is 0 Å². The molecule has 0 amide bonds. The summed E-state index contributed by atoms with van der Waals surface area (Å²) in [4.78, 5) is 1.65. The van der Waals surface area contributed by atoms with Crippen LogP contribution in [0, 0.1) is 6.92 Å². The van der Waals surface area contributed by atoms with Crippen LogP contribution >= 0.6 is 11.3 Å². The van der Waals surface area contributed by atoms with Crippen LogP contribution in [0.5, 0.6) is 5.75 Å². The SMILES string of the molecule is Cc1ccsc1CNCCOc1ccc(S(C)(=O)=O)cc1. The molecule has 0 saturated carbocycles. The van der Waals surface area contributed by atoms with Crippen LogP contribution in [-0.4, -0.2) is 27.8 Å². The lowest BCUT2D eigenvalue weighted by Gasteiger charge is -2.08. The van der Waals surface area contributed by atoms with E-state index in [1.165, 1.54) is 16.7 Å². The van der Waals surface area contributed by atoms with Gasteiger partial charge < -0.3 is 10.1 Å². The Morgan fingerprint density at radius 3 is 2.48 bits per heavy atom. The van der Waals surface area contributed by atoms with Gasteiger partial charge in [0, 0.05) is 24.2 Å². The summed E-state index contributed by atoms with van der Waals surface area (Å²) in [5.74, 6) is 0.677. The standard InChI is InChI=1S/C15H19NO3S2/c1-12-7-10-20-15(12)11-16-8-9-19-13-3-5-14(6-4-13)21(2,17)18/h3-7,10,16H,8-9,11H2,1-2H3. The van der Waals surface area contributed by atoms with E-state index >= 15 is 0 Å². The van der Waals surface area contributed by atoms with Gasteiger partial charge in [0.05, 0.1) is 4.90 Å². The topological polar surface area (TPSA) is 55.4 Å². The van der Waals surface area contributed by atoms with Gasteiger partial charge in [0.15, 0.2) is 9.84 Å². The molecule has 0 saturated heterocycles. The Balaban J connectivity index is 1.73. The number of nitrogens with one attached hydrogen (secondary N) is 1. The van der Waals surface area contributed by atoms with Crippen LogP contribution < -0.4 is 10.1 Å². The number of thiophene rings is 1. The number of ether oxygens (including phenoxy) is 1. The van der Waals surface area contributed by atoms with Crippen molar-refractivity contribution in [3.8, 4) is 5.75 Å². The van der Waals surface area contributed by atoms with Gasteiger partial charge in [-0.25, -0.2) is 8.42 Å². The van der Waals surface area contributed by atoms with Crippen molar-refractivity contribution < 1.29 is 13.2 Å². The molecule has 2 rings (SSSR count). The Bertz CT molecular complexity index is 675. The van der Waals surface area contributed by atoms with Gasteiger partial charge in [-0.2, -0.15) is 0 Å². The third-order valence-electron chi connectivity index (χ3n) is 3.05. The Labute approximate surface area is 129 Å². The molecule has 1 N–H and O–H groups in total. The van der Waals surface area contributed by atoms with Crippen LogP contribution in [0.2, 0.25) is 0 Å². The third kappa shape index (κ3) is 4.84. The molecule has 21 heavy (non-hydrogen) atoms. The summed E-state index contributed by atoms with van der Waals surface area (Å²) in [6.45, 7) is 4.24. The fraction of sp³-hybridized carbons (Fsp3) is 0.333. The Kier molecular flexibility index (Phi) is 5.39. The van der Waals surface area contributed by atoms with E-state index in [1.54, 1.807) is 35.6 Å². The minimum atomic E-state index is -3.14. The van der Waals surface area contributed by atoms with Crippen molar-refractivity contribution in [3.05, 3.63) is 46.2 Å². The van der Waals surface area contributed by atoms with Crippen molar-refractivity contribution in [1.29, 1.82) is 0 Å². The lowest BCUT2D eigenvalue weighted by Crippen LogP contribution is -2.20. The third-order valence-corrected chi connectivity index (χ3v) is 5.20. The zero-order valence-electron chi connectivity index (χ0n) is 12.1. The monoisotopic (exact) mass is 325 g/mol. The van der Waals surface area contributed by atoms with Crippen LogP contribution in [0.4, 0.5) is 0 Å². The van der Waals surface area contributed by atoms with Crippen molar-refractivity contribution in [2.24, 2.45) is 0 Å². The first kappa shape index (κ1) is 16.0. The van der Waals surface area contributed by atoms with E-state index in [0.29, 0.717) is 17.3 Å². The molecule has 0 aliphatic carbocycles. The van der Waals surface area contributed by atoms with Crippen LogP contribution in [0.15, 0.2) is 40.6 Å². The minimum absolute atomic E-state index is 0.307. The first-order valence-electron chi connectivity index (χ1n) is 6.63. The number of hydrogen-bond acceptors (Lipinski definition) is 5. The highest BCUT2D eigenvalue weighted by molar-refractivity contribution is 7.90. The first-order valence-corrected chi connectivity index (χ1v) is 9.40. The molecule has 114 valence electrons. The maximum Gasteiger partial charge on any atom is 0.175 e. The van der Waals surface area contributed by atoms with Crippen molar-refractivity contribution in [1.82, 2.24) is 5.32 Å². The van der Waals surface area contributed by atoms with E-state index in [2.05, 4.69) is 23.7 Å². The molecular formula is C15H19NO3S2. The van der Waals surface area contributed by atoms with Gasteiger partial charge in [0.2, 0.25) is 0 Å². The van der Waals surface area contributed by atoms with Gasteiger partial charge in [-0.05, 0) is 48.2 Å². The highest BCUT2D eigenvalue weighted by Gasteiger charge is 2.06. The second kappa shape index (κ2) is 7.06. The molecule has 0 spiro atoms. The fourth-order valence-corrected chi connectivity index (χ4v) is 3.32. The lowest BCUT2D eigenvalue weighted by atomic mass is 10.3. The average molecular weight is 325 g/mol. The van der Waals surface area contributed by atoms with Crippen molar-refractivity contribution in [2.45, 2.75) is 18.4 Å². The summed E-state index contributed by atoms with van der Waals surface area (Å²) in [6.07, 6.45) is 1.19. The van der Waals surface area contributed by atoms with Gasteiger partial charge in [0.25, 0.3) is 0 Å². The molecule has 0 bridgehead atoms. The number of sulfone groups is 1. The van der Waals surface area contributed by atoms with Gasteiger partial charge >= 0.3 is 0 Å². The molecule has 1 heterocycles. The Hall–Kier alpha value is -1.37. The molecule has 0 aliphatic heterocycles. The fourth-order valence-electron chi connectivity index (χ4n) is 1.81. The van der Waals surface area contributed by atoms with E-state index in [0.717, 1.165) is 13.1 Å². The highest BCUT2D eigenvalue weighted by atomic mass is 32.2. The average Bonchev–Trinajstić information content (AvgIpc) is 2.84. The lowest BCUT2D eigenvalue weighted by molar-refractivity contribution is 0.313. The van der Waals surface area contributed by atoms with Gasteiger partial charge in [-0.3, -0.25) is 0 Å². The van der Waals surface area contributed by atoms with E-state index in [9.17, 15) is 8.42 Å². The molecule has 4 nitrogen and oxygen atoms in total. The van der Waals surface area contributed by atoms with E-state index in [1.807, 2.05) is 0 Å². The number of hydrogen-bond donors (Lipinski definition) is 1. The van der Waals surface area contributed by atoms with Crippen LogP contribution in [0.3, 0.4) is 0 Å². The summed E-state index contributed by atoms with van der Waals surface area (Å²) >= 11 is 1.75.